The van der Waals surface area contributed by atoms with Crippen LogP contribution >= 0.6 is 0 Å². The van der Waals surface area contributed by atoms with Gasteiger partial charge in [0.1, 0.15) is 0 Å². The molecule has 1 amide bonds. The van der Waals surface area contributed by atoms with Crippen LogP contribution < -0.4 is 5.32 Å². The minimum Gasteiger partial charge on any atom is -0.450 e. The lowest BCUT2D eigenvalue weighted by Crippen LogP contribution is -2.32. The second kappa shape index (κ2) is 4.11. The molecule has 0 spiro atoms. The van der Waals surface area contributed by atoms with Crippen LogP contribution in [0.25, 0.3) is 0 Å². The second-order valence-electron chi connectivity index (χ2n) is 5.94. The van der Waals surface area contributed by atoms with E-state index in [0.717, 1.165) is 18.4 Å². The molecule has 0 radical (unpaired) electrons. The van der Waals surface area contributed by atoms with Gasteiger partial charge in [-0.1, -0.05) is 20.8 Å². The van der Waals surface area contributed by atoms with Gasteiger partial charge in [0.05, 0.1) is 6.61 Å². The van der Waals surface area contributed by atoms with Crippen molar-refractivity contribution in [1.82, 2.24) is 5.32 Å². The summed E-state index contributed by atoms with van der Waals surface area (Å²) in [5.74, 6) is 0.428. The van der Waals surface area contributed by atoms with Gasteiger partial charge in [0.15, 0.2) is 5.78 Å². The first-order valence-electron chi connectivity index (χ1n) is 6.52. The third-order valence-electron chi connectivity index (χ3n) is 4.99. The minimum absolute atomic E-state index is 0.0216. The number of Topliss-reactive ketones (excluding diaryl/α,β-unsaturated/α-hetero) is 1. The van der Waals surface area contributed by atoms with Gasteiger partial charge in [0, 0.05) is 17.2 Å². The third kappa shape index (κ3) is 1.58. The Hall–Kier alpha value is -1.32. The highest BCUT2D eigenvalue weighted by Crippen LogP contribution is 2.65. The van der Waals surface area contributed by atoms with E-state index < -0.39 is 6.09 Å². The molecule has 0 unspecified atom stereocenters. The summed E-state index contributed by atoms with van der Waals surface area (Å²) < 4.78 is 4.79. The summed E-state index contributed by atoms with van der Waals surface area (Å²) >= 11 is 0. The van der Waals surface area contributed by atoms with Crippen molar-refractivity contribution < 1.29 is 14.3 Å². The Bertz CT molecular complexity index is 425. The van der Waals surface area contributed by atoms with Gasteiger partial charge in [-0.2, -0.15) is 0 Å². The number of ketones is 1. The minimum atomic E-state index is -0.497. The molecule has 1 N–H and O–H groups in total. The van der Waals surface area contributed by atoms with Crippen molar-refractivity contribution >= 4 is 11.9 Å². The summed E-state index contributed by atoms with van der Waals surface area (Å²) in [6.45, 7) is 8.41. The molecular weight excluding hydrogens is 230 g/mol. The number of amides is 1. The van der Waals surface area contributed by atoms with Gasteiger partial charge in [-0.3, -0.25) is 10.1 Å². The van der Waals surface area contributed by atoms with Gasteiger partial charge >= 0.3 is 6.09 Å². The number of ether oxygens (including phenoxy) is 1. The fourth-order valence-electron chi connectivity index (χ4n) is 3.40. The van der Waals surface area contributed by atoms with Gasteiger partial charge in [-0.25, -0.2) is 4.79 Å². The highest BCUT2D eigenvalue weighted by molar-refractivity contribution is 6.04. The molecule has 2 rings (SSSR count). The smallest absolute Gasteiger partial charge is 0.411 e. The van der Waals surface area contributed by atoms with E-state index in [1.165, 1.54) is 0 Å². The van der Waals surface area contributed by atoms with Crippen LogP contribution in [0.4, 0.5) is 4.79 Å². The van der Waals surface area contributed by atoms with Crippen molar-refractivity contribution in [3.8, 4) is 0 Å². The Morgan fingerprint density at radius 3 is 2.67 bits per heavy atom. The molecule has 2 aliphatic carbocycles. The lowest BCUT2D eigenvalue weighted by molar-refractivity contribution is -0.125. The Morgan fingerprint density at radius 1 is 1.50 bits per heavy atom. The maximum absolute atomic E-state index is 12.4. The zero-order valence-corrected chi connectivity index (χ0v) is 11.5. The Labute approximate surface area is 108 Å². The number of carbonyl (C=O) groups excluding carboxylic acids is 2. The molecule has 0 aliphatic heterocycles. The molecule has 2 aliphatic rings. The predicted molar refractivity (Wildman–Crippen MR) is 67.9 cm³/mol. The van der Waals surface area contributed by atoms with E-state index in [9.17, 15) is 9.59 Å². The number of hydrogen-bond acceptors (Lipinski definition) is 3. The van der Waals surface area contributed by atoms with Gasteiger partial charge in [-0.05, 0) is 31.1 Å². The van der Waals surface area contributed by atoms with Crippen molar-refractivity contribution in [3.05, 3.63) is 11.8 Å². The lowest BCUT2D eigenvalue weighted by atomic mass is 9.70. The van der Waals surface area contributed by atoms with E-state index in [4.69, 9.17) is 4.74 Å². The van der Waals surface area contributed by atoms with Gasteiger partial charge in [0.25, 0.3) is 0 Å². The van der Waals surface area contributed by atoms with Crippen molar-refractivity contribution in [3.63, 3.8) is 0 Å². The number of nitrogens with one attached hydrogen (secondary N) is 1. The molecule has 0 aromatic heterocycles. The van der Waals surface area contributed by atoms with Gasteiger partial charge < -0.3 is 4.74 Å². The van der Waals surface area contributed by atoms with E-state index in [0.29, 0.717) is 6.61 Å². The summed E-state index contributed by atoms with van der Waals surface area (Å²) in [5, 5.41) is 2.55. The highest BCUT2D eigenvalue weighted by Gasteiger charge is 2.63. The number of rotatable bonds is 2. The van der Waals surface area contributed by atoms with Gasteiger partial charge in [-0.15, -0.1) is 0 Å². The Kier molecular flexibility index (Phi) is 2.99. The van der Waals surface area contributed by atoms with Gasteiger partial charge in [0.2, 0.25) is 0 Å². The molecular formula is C14H21NO3. The summed E-state index contributed by atoms with van der Waals surface area (Å²) in [7, 11) is 0. The first-order valence-corrected chi connectivity index (χ1v) is 6.52. The molecule has 2 fully saturated rings. The fraction of sp³-hybridized carbons (Fsp3) is 0.714. The van der Waals surface area contributed by atoms with E-state index in [1.807, 2.05) is 6.92 Å². The third-order valence-corrected chi connectivity index (χ3v) is 4.99. The number of allylic oxidation sites excluding steroid dienone is 1. The Morgan fingerprint density at radius 2 is 2.17 bits per heavy atom. The number of alkyl carbamates (subject to hydrolysis) is 1. The molecule has 4 nitrogen and oxygen atoms in total. The quantitative estimate of drug-likeness (QED) is 0.768. The van der Waals surface area contributed by atoms with E-state index >= 15 is 0 Å². The zero-order chi connectivity index (χ0) is 13.6. The molecule has 4 heteroatoms. The average Bonchev–Trinajstić information content (AvgIpc) is 2.60. The number of fused-ring (bicyclic) bond motifs is 2. The Balaban J connectivity index is 2.20. The summed E-state index contributed by atoms with van der Waals surface area (Å²) in [4.78, 5) is 23.7. The van der Waals surface area contributed by atoms with Crippen LogP contribution in [0.5, 0.6) is 0 Å². The summed E-state index contributed by atoms with van der Waals surface area (Å²) in [5.41, 5.74) is 0.452. The van der Waals surface area contributed by atoms with Crippen molar-refractivity contribution in [1.29, 1.82) is 0 Å². The first kappa shape index (κ1) is 13.1. The van der Waals surface area contributed by atoms with Crippen molar-refractivity contribution in [2.24, 2.45) is 16.7 Å². The van der Waals surface area contributed by atoms with Crippen LogP contribution in [0.1, 0.15) is 40.5 Å². The molecule has 2 atom stereocenters. The zero-order valence-electron chi connectivity index (χ0n) is 11.5. The standard InChI is InChI=1S/C14H21NO3/c1-5-18-12(17)15-8-9-10-6-7-14(4,11(9)16)13(10,2)3/h8,10H,5-7H2,1-4H3,(H,15,17)/b9-8+/t10-,14+/m1/s1. The summed E-state index contributed by atoms with van der Waals surface area (Å²) in [6.07, 6.45) is 3.02. The van der Waals surface area contributed by atoms with E-state index in [1.54, 1.807) is 13.1 Å². The second-order valence-corrected chi connectivity index (χ2v) is 5.94. The number of carbonyl (C=O) groups is 2. The first-order chi connectivity index (χ1) is 8.34. The SMILES string of the molecule is CCOC(=O)N/C=C1/C(=O)[C@]2(C)CC[C@H]1C2(C)C. The van der Waals surface area contributed by atoms with Crippen LogP contribution in [0.15, 0.2) is 11.8 Å². The molecule has 2 saturated carbocycles. The highest BCUT2D eigenvalue weighted by atomic mass is 16.5. The van der Waals surface area contributed by atoms with Crippen LogP contribution in [0.2, 0.25) is 0 Å². The molecule has 0 saturated heterocycles. The van der Waals surface area contributed by atoms with Crippen molar-refractivity contribution in [2.45, 2.75) is 40.5 Å². The maximum Gasteiger partial charge on any atom is 0.411 e. The molecule has 100 valence electrons. The fourth-order valence-corrected chi connectivity index (χ4v) is 3.40. The predicted octanol–water partition coefficient (Wildman–Crippen LogP) is 2.64. The lowest BCUT2D eigenvalue weighted by Gasteiger charge is -2.31. The molecule has 2 bridgehead atoms. The maximum atomic E-state index is 12.4. The van der Waals surface area contributed by atoms with Crippen molar-refractivity contribution in [2.75, 3.05) is 6.61 Å². The van der Waals surface area contributed by atoms with Crippen LogP contribution in [0.3, 0.4) is 0 Å². The van der Waals surface area contributed by atoms with E-state index in [2.05, 4.69) is 19.2 Å². The normalized spacial score (nSPS) is 35.0. The number of hydrogen-bond donors (Lipinski definition) is 1. The molecule has 18 heavy (non-hydrogen) atoms. The average molecular weight is 251 g/mol. The summed E-state index contributed by atoms with van der Waals surface area (Å²) in [6, 6.07) is 0. The molecule has 0 aromatic carbocycles. The molecule has 0 heterocycles. The largest absolute Gasteiger partial charge is 0.450 e. The molecule has 0 aromatic rings. The van der Waals surface area contributed by atoms with E-state index in [-0.39, 0.29) is 22.5 Å². The van der Waals surface area contributed by atoms with Crippen LogP contribution in [-0.4, -0.2) is 18.5 Å². The van der Waals surface area contributed by atoms with Crippen LogP contribution in [0, 0.1) is 16.7 Å². The van der Waals surface area contributed by atoms with Crippen LogP contribution in [-0.2, 0) is 9.53 Å². The monoisotopic (exact) mass is 251 g/mol. The topological polar surface area (TPSA) is 55.4 Å².